The lowest BCUT2D eigenvalue weighted by atomic mass is 9.70. The minimum Gasteiger partial charge on any atom is -0.476 e. The number of hydrogen-bond acceptors (Lipinski definition) is 4. The Hall–Kier alpha value is -2.48. The molecule has 5 heteroatoms. The van der Waals surface area contributed by atoms with Crippen LogP contribution in [0.15, 0.2) is 23.6 Å². The Kier molecular flexibility index (Phi) is 2.74. The average Bonchev–Trinajstić information content (AvgIpc) is 2.64. The van der Waals surface area contributed by atoms with E-state index in [1.165, 1.54) is 0 Å². The van der Waals surface area contributed by atoms with Crippen LogP contribution in [-0.2, 0) is 14.9 Å². The fourth-order valence-electron chi connectivity index (χ4n) is 3.47. The summed E-state index contributed by atoms with van der Waals surface area (Å²) in [4.78, 5) is 12.7. The Morgan fingerprint density at radius 2 is 2.19 bits per heavy atom. The van der Waals surface area contributed by atoms with Crippen molar-refractivity contribution >= 4 is 11.6 Å². The zero-order valence-corrected chi connectivity index (χ0v) is 12.3. The molecule has 1 aromatic carbocycles. The van der Waals surface area contributed by atoms with Crippen LogP contribution in [0.1, 0.15) is 30.0 Å². The van der Waals surface area contributed by atoms with Crippen LogP contribution in [0.25, 0.3) is 0 Å². The molecule has 0 saturated heterocycles. The number of rotatable bonds is 0. The molecule has 2 aliphatic heterocycles. The molecule has 1 spiro atoms. The highest BCUT2D eigenvalue weighted by Crippen LogP contribution is 2.50. The molecule has 0 aliphatic carbocycles. The number of aryl methyl sites for hydroxylation is 2. The molecular weight excluding hydrogens is 266 g/mol. The quantitative estimate of drug-likeness (QED) is 0.762. The first-order chi connectivity index (χ1) is 9.90. The summed E-state index contributed by atoms with van der Waals surface area (Å²) in [5.41, 5.74) is 8.74. The summed E-state index contributed by atoms with van der Waals surface area (Å²) in [7, 11) is 0. The summed E-state index contributed by atoms with van der Waals surface area (Å²) >= 11 is 0. The van der Waals surface area contributed by atoms with E-state index in [0.717, 1.165) is 22.4 Å². The average molecular weight is 283 g/mol. The van der Waals surface area contributed by atoms with Crippen LogP contribution in [0, 0.1) is 25.2 Å². The fourth-order valence-corrected chi connectivity index (χ4v) is 3.47. The van der Waals surface area contributed by atoms with Gasteiger partial charge in [0.2, 0.25) is 5.91 Å². The molecule has 2 heterocycles. The van der Waals surface area contributed by atoms with Crippen LogP contribution < -0.4 is 11.1 Å². The number of anilines is 1. The van der Waals surface area contributed by atoms with Gasteiger partial charge in [-0.25, -0.2) is 0 Å². The smallest absolute Gasteiger partial charge is 0.240 e. The van der Waals surface area contributed by atoms with Crippen molar-refractivity contribution in [3.05, 3.63) is 40.3 Å². The molecule has 1 amide bonds. The molecule has 0 saturated carbocycles. The van der Waals surface area contributed by atoms with Gasteiger partial charge in [-0.05, 0) is 31.9 Å². The molecule has 5 nitrogen and oxygen atoms in total. The SMILES string of the molecule is Cc1cc(C)c2c(c1)[C@]1(CC(C)OC(N)=C1C#N)C(=O)N2. The van der Waals surface area contributed by atoms with Gasteiger partial charge in [-0.3, -0.25) is 4.79 Å². The number of fused-ring (bicyclic) bond motifs is 2. The van der Waals surface area contributed by atoms with Gasteiger partial charge in [-0.1, -0.05) is 17.7 Å². The molecule has 1 unspecified atom stereocenters. The van der Waals surface area contributed by atoms with E-state index in [1.54, 1.807) is 0 Å². The van der Waals surface area contributed by atoms with Gasteiger partial charge in [0, 0.05) is 12.1 Å². The molecule has 0 radical (unpaired) electrons. The summed E-state index contributed by atoms with van der Waals surface area (Å²) in [6.45, 7) is 5.79. The van der Waals surface area contributed by atoms with E-state index in [9.17, 15) is 10.1 Å². The van der Waals surface area contributed by atoms with E-state index in [2.05, 4.69) is 11.4 Å². The molecule has 21 heavy (non-hydrogen) atoms. The minimum absolute atomic E-state index is 0.0541. The van der Waals surface area contributed by atoms with Crippen molar-refractivity contribution < 1.29 is 9.53 Å². The third kappa shape index (κ3) is 1.65. The highest BCUT2D eigenvalue weighted by atomic mass is 16.5. The van der Waals surface area contributed by atoms with E-state index in [-0.39, 0.29) is 23.5 Å². The predicted molar refractivity (Wildman–Crippen MR) is 78.2 cm³/mol. The summed E-state index contributed by atoms with van der Waals surface area (Å²) in [5.74, 6) is -0.140. The maximum absolute atomic E-state index is 12.7. The Labute approximate surface area is 123 Å². The zero-order chi connectivity index (χ0) is 15.4. The lowest BCUT2D eigenvalue weighted by Crippen LogP contribution is -2.44. The van der Waals surface area contributed by atoms with Crippen LogP contribution >= 0.6 is 0 Å². The highest BCUT2D eigenvalue weighted by Gasteiger charge is 2.55. The van der Waals surface area contributed by atoms with Crippen molar-refractivity contribution in [1.29, 1.82) is 5.26 Å². The minimum atomic E-state index is -1.03. The number of hydrogen-bond donors (Lipinski definition) is 2. The van der Waals surface area contributed by atoms with Crippen molar-refractivity contribution in [1.82, 2.24) is 0 Å². The lowest BCUT2D eigenvalue weighted by Gasteiger charge is -2.35. The van der Waals surface area contributed by atoms with Gasteiger partial charge >= 0.3 is 0 Å². The molecule has 2 aliphatic rings. The number of amides is 1. The van der Waals surface area contributed by atoms with Crippen molar-refractivity contribution in [3.63, 3.8) is 0 Å². The number of nitrogens with one attached hydrogen (secondary N) is 1. The fraction of sp³-hybridized carbons (Fsp3) is 0.375. The van der Waals surface area contributed by atoms with Crippen LogP contribution in [-0.4, -0.2) is 12.0 Å². The lowest BCUT2D eigenvalue weighted by molar-refractivity contribution is -0.121. The second-order valence-electron chi connectivity index (χ2n) is 5.85. The van der Waals surface area contributed by atoms with Crippen LogP contribution in [0.4, 0.5) is 5.69 Å². The summed E-state index contributed by atoms with van der Waals surface area (Å²) < 4.78 is 5.46. The van der Waals surface area contributed by atoms with Crippen molar-refractivity contribution in [2.45, 2.75) is 38.7 Å². The maximum Gasteiger partial charge on any atom is 0.240 e. The van der Waals surface area contributed by atoms with Crippen LogP contribution in [0.5, 0.6) is 0 Å². The zero-order valence-electron chi connectivity index (χ0n) is 12.3. The molecule has 2 atom stereocenters. The van der Waals surface area contributed by atoms with Crippen molar-refractivity contribution in [2.24, 2.45) is 5.73 Å². The van der Waals surface area contributed by atoms with Gasteiger partial charge in [0.25, 0.3) is 0 Å². The van der Waals surface area contributed by atoms with Gasteiger partial charge < -0.3 is 15.8 Å². The van der Waals surface area contributed by atoms with E-state index in [4.69, 9.17) is 10.5 Å². The number of nitriles is 1. The van der Waals surface area contributed by atoms with Gasteiger partial charge in [0.05, 0.1) is 6.10 Å². The van der Waals surface area contributed by atoms with E-state index in [1.807, 2.05) is 32.9 Å². The number of carbonyl (C=O) groups excluding carboxylic acids is 1. The molecule has 0 aromatic heterocycles. The molecule has 1 aromatic rings. The first-order valence-electron chi connectivity index (χ1n) is 6.90. The summed E-state index contributed by atoms with van der Waals surface area (Å²) in [5, 5.41) is 12.4. The van der Waals surface area contributed by atoms with Gasteiger partial charge in [0.1, 0.15) is 17.1 Å². The Morgan fingerprint density at radius 1 is 1.48 bits per heavy atom. The maximum atomic E-state index is 12.7. The topological polar surface area (TPSA) is 88.1 Å². The molecular formula is C16H17N3O2. The second-order valence-corrected chi connectivity index (χ2v) is 5.85. The van der Waals surface area contributed by atoms with E-state index in [0.29, 0.717) is 6.42 Å². The number of ether oxygens (including phenoxy) is 1. The van der Waals surface area contributed by atoms with E-state index < -0.39 is 5.41 Å². The predicted octanol–water partition coefficient (Wildman–Crippen LogP) is 2.00. The largest absolute Gasteiger partial charge is 0.476 e. The Balaban J connectivity index is 2.35. The van der Waals surface area contributed by atoms with Crippen molar-refractivity contribution in [2.75, 3.05) is 5.32 Å². The molecule has 108 valence electrons. The van der Waals surface area contributed by atoms with E-state index >= 15 is 0 Å². The highest BCUT2D eigenvalue weighted by molar-refractivity contribution is 6.10. The monoisotopic (exact) mass is 283 g/mol. The third-order valence-electron chi connectivity index (χ3n) is 4.27. The van der Waals surface area contributed by atoms with Gasteiger partial charge in [-0.2, -0.15) is 5.26 Å². The van der Waals surface area contributed by atoms with Gasteiger partial charge in [-0.15, -0.1) is 0 Å². The molecule has 0 fully saturated rings. The molecule has 0 bridgehead atoms. The number of nitrogens with two attached hydrogens (primary N) is 1. The molecule has 3 rings (SSSR count). The first kappa shape index (κ1) is 13.5. The van der Waals surface area contributed by atoms with Crippen LogP contribution in [0.2, 0.25) is 0 Å². The second kappa shape index (κ2) is 4.26. The van der Waals surface area contributed by atoms with Gasteiger partial charge in [0.15, 0.2) is 5.88 Å². The normalized spacial score (nSPS) is 27.1. The summed E-state index contributed by atoms with van der Waals surface area (Å²) in [6, 6.07) is 6.06. The van der Waals surface area contributed by atoms with Crippen LogP contribution in [0.3, 0.4) is 0 Å². The number of benzene rings is 1. The number of carbonyl (C=O) groups is 1. The first-order valence-corrected chi connectivity index (χ1v) is 6.90. The Morgan fingerprint density at radius 3 is 2.86 bits per heavy atom. The molecule has 3 N–H and O–H groups in total. The Bertz CT molecular complexity index is 730. The third-order valence-corrected chi connectivity index (χ3v) is 4.27. The summed E-state index contributed by atoms with van der Waals surface area (Å²) in [6.07, 6.45) is 0.192. The standard InChI is InChI=1S/C16H17N3O2/c1-8-4-9(2)13-11(5-8)16(15(20)19-13)6-10(3)21-14(18)12(16)7-17/h4-5,10H,6,18H2,1-3H3,(H,19,20)/t10?,16-/m0/s1. The number of nitrogens with zero attached hydrogens (tertiary/aromatic N) is 1. The van der Waals surface area contributed by atoms with Crippen molar-refractivity contribution in [3.8, 4) is 6.07 Å².